The molecule has 3 aromatic heterocycles. The number of fused-ring (bicyclic) bond motifs is 2. The minimum Gasteiger partial charge on any atom is -0.412 e. The molecule has 0 bridgehead atoms. The molecule has 1 atom stereocenters. The predicted molar refractivity (Wildman–Crippen MR) is 114 cm³/mol. The van der Waals surface area contributed by atoms with Crippen LogP contribution in [0.3, 0.4) is 0 Å². The SMILES string of the molecule is O=C(c1nnc(-c2ccc(F)cc2)o1)N1CCc2[nH]cnc2[C@H]1c1nc2ccccc2s1. The lowest BCUT2D eigenvalue weighted by atomic mass is 10.0. The molecule has 0 spiro atoms. The molecule has 1 amide bonds. The van der Waals surface area contributed by atoms with Crippen molar-refractivity contribution in [2.75, 3.05) is 6.54 Å². The van der Waals surface area contributed by atoms with Crippen molar-refractivity contribution < 1.29 is 13.6 Å². The van der Waals surface area contributed by atoms with Gasteiger partial charge in [0.05, 0.1) is 22.2 Å². The number of H-pyrrole nitrogens is 1. The van der Waals surface area contributed by atoms with E-state index < -0.39 is 11.9 Å². The number of imidazole rings is 1. The molecule has 1 N–H and O–H groups in total. The van der Waals surface area contributed by atoms with Crippen molar-refractivity contribution in [1.29, 1.82) is 0 Å². The van der Waals surface area contributed by atoms with Crippen molar-refractivity contribution in [2.45, 2.75) is 12.5 Å². The van der Waals surface area contributed by atoms with Gasteiger partial charge in [-0.2, -0.15) is 0 Å². The smallest absolute Gasteiger partial charge is 0.312 e. The number of carbonyl (C=O) groups excluding carboxylic acids is 1. The summed E-state index contributed by atoms with van der Waals surface area (Å²) < 4.78 is 19.9. The minimum absolute atomic E-state index is 0.130. The summed E-state index contributed by atoms with van der Waals surface area (Å²) in [7, 11) is 0. The Morgan fingerprint density at radius 2 is 2.00 bits per heavy atom. The molecule has 6 rings (SSSR count). The minimum atomic E-state index is -0.462. The van der Waals surface area contributed by atoms with Crippen LogP contribution >= 0.6 is 11.3 Å². The average Bonchev–Trinajstić information content (AvgIpc) is 3.57. The van der Waals surface area contributed by atoms with E-state index in [1.54, 1.807) is 11.2 Å². The van der Waals surface area contributed by atoms with Crippen LogP contribution in [-0.4, -0.2) is 42.5 Å². The van der Waals surface area contributed by atoms with Crippen molar-refractivity contribution in [1.82, 2.24) is 30.0 Å². The molecule has 0 saturated heterocycles. The largest absolute Gasteiger partial charge is 0.412 e. The van der Waals surface area contributed by atoms with Gasteiger partial charge in [-0.1, -0.05) is 12.1 Å². The monoisotopic (exact) mass is 446 g/mol. The molecule has 8 nitrogen and oxygen atoms in total. The number of thiazole rings is 1. The summed E-state index contributed by atoms with van der Waals surface area (Å²) in [6, 6.07) is 13.0. The van der Waals surface area contributed by atoms with E-state index in [1.807, 2.05) is 24.3 Å². The Balaban J connectivity index is 1.38. The fraction of sp³-hybridized carbons (Fsp3) is 0.136. The van der Waals surface area contributed by atoms with E-state index in [2.05, 4.69) is 20.2 Å². The molecule has 0 radical (unpaired) electrons. The highest BCUT2D eigenvalue weighted by Gasteiger charge is 2.38. The lowest BCUT2D eigenvalue weighted by Gasteiger charge is -2.32. The van der Waals surface area contributed by atoms with Gasteiger partial charge in [-0.25, -0.2) is 14.4 Å². The van der Waals surface area contributed by atoms with Crippen LogP contribution in [0.1, 0.15) is 33.1 Å². The fourth-order valence-corrected chi connectivity index (χ4v) is 4.98. The Labute approximate surface area is 184 Å². The van der Waals surface area contributed by atoms with E-state index in [4.69, 9.17) is 9.40 Å². The van der Waals surface area contributed by atoms with Crippen LogP contribution in [0.25, 0.3) is 21.7 Å². The number of halogens is 1. The summed E-state index contributed by atoms with van der Waals surface area (Å²) in [4.78, 5) is 27.5. The van der Waals surface area contributed by atoms with Gasteiger partial charge in [-0.15, -0.1) is 21.5 Å². The summed E-state index contributed by atoms with van der Waals surface area (Å²) in [5.41, 5.74) is 3.16. The summed E-state index contributed by atoms with van der Waals surface area (Å²) in [5.74, 6) is -0.744. The number of nitrogens with one attached hydrogen (secondary N) is 1. The predicted octanol–water partition coefficient (Wildman–Crippen LogP) is 4.00. The van der Waals surface area contributed by atoms with E-state index in [-0.39, 0.29) is 17.6 Å². The van der Waals surface area contributed by atoms with Gasteiger partial charge in [0.2, 0.25) is 5.89 Å². The maximum atomic E-state index is 13.4. The lowest BCUT2D eigenvalue weighted by Crippen LogP contribution is -2.40. The van der Waals surface area contributed by atoms with Crippen molar-refractivity contribution in [2.24, 2.45) is 0 Å². The van der Waals surface area contributed by atoms with Crippen molar-refractivity contribution in [3.05, 3.63) is 83.0 Å². The lowest BCUT2D eigenvalue weighted by molar-refractivity contribution is 0.0650. The molecule has 32 heavy (non-hydrogen) atoms. The van der Waals surface area contributed by atoms with Crippen molar-refractivity contribution in [3.63, 3.8) is 0 Å². The number of aromatic amines is 1. The number of hydrogen-bond acceptors (Lipinski definition) is 7. The number of amides is 1. The van der Waals surface area contributed by atoms with Gasteiger partial charge in [-0.3, -0.25) is 4.79 Å². The molecular formula is C22H15FN6O2S. The normalized spacial score (nSPS) is 15.8. The van der Waals surface area contributed by atoms with Crippen LogP contribution in [-0.2, 0) is 6.42 Å². The van der Waals surface area contributed by atoms with E-state index >= 15 is 0 Å². The topological polar surface area (TPSA) is 101 Å². The van der Waals surface area contributed by atoms with Gasteiger partial charge >= 0.3 is 11.8 Å². The number of hydrogen-bond donors (Lipinski definition) is 1. The number of carbonyl (C=O) groups is 1. The van der Waals surface area contributed by atoms with E-state index in [0.717, 1.165) is 26.6 Å². The highest BCUT2D eigenvalue weighted by atomic mass is 32.1. The molecule has 1 aliphatic heterocycles. The maximum Gasteiger partial charge on any atom is 0.312 e. The van der Waals surface area contributed by atoms with Crippen LogP contribution < -0.4 is 0 Å². The first-order chi connectivity index (χ1) is 15.7. The first-order valence-electron chi connectivity index (χ1n) is 9.95. The molecule has 5 aromatic rings. The number of para-hydroxylation sites is 1. The molecule has 0 aliphatic carbocycles. The van der Waals surface area contributed by atoms with Crippen LogP contribution in [0.4, 0.5) is 4.39 Å². The second-order valence-corrected chi connectivity index (χ2v) is 8.42. The van der Waals surface area contributed by atoms with Crippen molar-refractivity contribution >= 4 is 27.5 Å². The van der Waals surface area contributed by atoms with Crippen LogP contribution in [0, 0.1) is 5.82 Å². The quantitative estimate of drug-likeness (QED) is 0.450. The number of rotatable bonds is 3. The van der Waals surface area contributed by atoms with Gasteiger partial charge in [0.1, 0.15) is 16.9 Å². The number of benzene rings is 2. The third-order valence-electron chi connectivity index (χ3n) is 5.43. The molecule has 0 fully saturated rings. The molecule has 2 aromatic carbocycles. The second kappa shape index (κ2) is 7.34. The molecule has 0 unspecified atom stereocenters. The standard InChI is InChI=1S/C22H15FN6O2S/c23-13-7-5-12(6-8-13)19-27-28-20(31-19)22(30)29-10-9-15-17(25-11-24-15)18(29)21-26-14-3-1-2-4-16(14)32-21/h1-8,11,18H,9-10H2,(H,24,25)/t18-/m0/s1. The third-order valence-corrected chi connectivity index (χ3v) is 6.52. The van der Waals surface area contributed by atoms with Gasteiger partial charge in [0, 0.05) is 24.2 Å². The Kier molecular flexibility index (Phi) is 4.32. The Morgan fingerprint density at radius 1 is 1.16 bits per heavy atom. The number of aromatic nitrogens is 5. The molecule has 0 saturated carbocycles. The first kappa shape index (κ1) is 18.8. The zero-order valence-electron chi connectivity index (χ0n) is 16.5. The molecular weight excluding hydrogens is 431 g/mol. The highest BCUT2D eigenvalue weighted by molar-refractivity contribution is 7.18. The van der Waals surface area contributed by atoms with Crippen LogP contribution in [0.15, 0.2) is 59.3 Å². The molecule has 158 valence electrons. The van der Waals surface area contributed by atoms with Crippen LogP contribution in [0.5, 0.6) is 0 Å². The Morgan fingerprint density at radius 3 is 2.84 bits per heavy atom. The first-order valence-corrected chi connectivity index (χ1v) is 10.8. The second-order valence-electron chi connectivity index (χ2n) is 7.36. The molecule has 4 heterocycles. The van der Waals surface area contributed by atoms with E-state index in [0.29, 0.717) is 18.5 Å². The Hall–Kier alpha value is -3.92. The highest BCUT2D eigenvalue weighted by Crippen LogP contribution is 2.38. The van der Waals surface area contributed by atoms with E-state index in [1.165, 1.54) is 35.6 Å². The van der Waals surface area contributed by atoms with Gasteiger partial charge in [0.15, 0.2) is 0 Å². The summed E-state index contributed by atoms with van der Waals surface area (Å²) in [5, 5.41) is 8.70. The van der Waals surface area contributed by atoms with Crippen molar-refractivity contribution in [3.8, 4) is 11.5 Å². The zero-order chi connectivity index (χ0) is 21.7. The van der Waals surface area contributed by atoms with Crippen LogP contribution in [0.2, 0.25) is 0 Å². The van der Waals surface area contributed by atoms with Gasteiger partial charge < -0.3 is 14.3 Å². The molecule has 10 heteroatoms. The zero-order valence-corrected chi connectivity index (χ0v) is 17.3. The Bertz CT molecular complexity index is 1410. The van der Waals surface area contributed by atoms with Gasteiger partial charge in [-0.05, 0) is 36.4 Å². The number of nitrogens with zero attached hydrogens (tertiary/aromatic N) is 5. The third kappa shape index (κ3) is 3.07. The van der Waals surface area contributed by atoms with Gasteiger partial charge in [0.25, 0.3) is 0 Å². The summed E-state index contributed by atoms with van der Waals surface area (Å²) in [6.45, 7) is 0.447. The summed E-state index contributed by atoms with van der Waals surface area (Å²) >= 11 is 1.53. The van der Waals surface area contributed by atoms with E-state index in [9.17, 15) is 9.18 Å². The fourth-order valence-electron chi connectivity index (χ4n) is 3.89. The maximum absolute atomic E-state index is 13.4. The summed E-state index contributed by atoms with van der Waals surface area (Å²) in [6.07, 6.45) is 2.26. The average molecular weight is 446 g/mol. The molecule has 1 aliphatic rings.